The van der Waals surface area contributed by atoms with Crippen molar-refractivity contribution in [2.75, 3.05) is 0 Å². The van der Waals surface area contributed by atoms with E-state index in [2.05, 4.69) is 30.2 Å². The molecule has 1 rings (SSSR count). The third-order valence-corrected chi connectivity index (χ3v) is 1.45. The average molecular weight is 123 g/mol. The first-order chi connectivity index (χ1) is 4.38. The summed E-state index contributed by atoms with van der Waals surface area (Å²) in [6.07, 6.45) is 4.96. The van der Waals surface area contributed by atoms with Crippen molar-refractivity contribution in [3.8, 4) is 0 Å². The Hall–Kier alpha value is -0.790. The number of aromatic nitrogens is 2. The first kappa shape index (κ1) is 6.33. The van der Waals surface area contributed by atoms with Crippen LogP contribution in [0.5, 0.6) is 0 Å². The highest BCUT2D eigenvalue weighted by atomic mass is 15.1. The number of aryl methyl sites for hydroxylation is 2. The van der Waals surface area contributed by atoms with E-state index >= 15 is 0 Å². The van der Waals surface area contributed by atoms with Gasteiger partial charge >= 0.3 is 0 Å². The van der Waals surface area contributed by atoms with Crippen LogP contribution in [0.2, 0.25) is 0 Å². The molecule has 49 valence electrons. The van der Waals surface area contributed by atoms with Crippen LogP contribution < -0.4 is 0 Å². The summed E-state index contributed by atoms with van der Waals surface area (Å²) >= 11 is 0. The lowest BCUT2D eigenvalue weighted by Crippen LogP contribution is -1.85. The zero-order valence-electron chi connectivity index (χ0n) is 5.86. The van der Waals surface area contributed by atoms with E-state index in [1.54, 1.807) is 0 Å². The summed E-state index contributed by atoms with van der Waals surface area (Å²) in [5.41, 5.74) is 2.44. The first-order valence-electron chi connectivity index (χ1n) is 3.32. The fourth-order valence-electron chi connectivity index (χ4n) is 0.883. The zero-order chi connectivity index (χ0) is 6.69. The molecule has 0 atom stereocenters. The maximum atomic E-state index is 3.81. The average Bonchev–Trinajstić information content (AvgIpc) is 2.33. The minimum absolute atomic E-state index is 1.03. The molecule has 0 bridgehead atoms. The van der Waals surface area contributed by atoms with Gasteiger partial charge in [-0.25, -0.2) is 0 Å². The first-order valence-corrected chi connectivity index (χ1v) is 3.32. The topological polar surface area (TPSA) is 28.7 Å². The molecule has 0 saturated heterocycles. The lowest BCUT2D eigenvalue weighted by Gasteiger charge is -1.91. The smallest absolute Gasteiger partial charge is 0.116 e. The molecular weight excluding hydrogens is 112 g/mol. The minimum atomic E-state index is 1.03. The van der Waals surface area contributed by atoms with Gasteiger partial charge in [0.2, 0.25) is 0 Å². The SMILES string of the molecule is CCc1[c]n[nH]c1CC. The van der Waals surface area contributed by atoms with Crippen LogP contribution in [0.3, 0.4) is 0 Å². The summed E-state index contributed by atoms with van der Waals surface area (Å²) in [6.45, 7) is 4.22. The van der Waals surface area contributed by atoms with Gasteiger partial charge in [-0.05, 0) is 12.8 Å². The van der Waals surface area contributed by atoms with Gasteiger partial charge in [-0.1, -0.05) is 13.8 Å². The van der Waals surface area contributed by atoms with Crippen LogP contribution in [0.15, 0.2) is 0 Å². The number of rotatable bonds is 2. The van der Waals surface area contributed by atoms with E-state index in [-0.39, 0.29) is 0 Å². The van der Waals surface area contributed by atoms with Gasteiger partial charge in [-0.3, -0.25) is 5.10 Å². The van der Waals surface area contributed by atoms with Crippen LogP contribution in [-0.4, -0.2) is 10.2 Å². The van der Waals surface area contributed by atoms with Crippen molar-refractivity contribution >= 4 is 0 Å². The van der Waals surface area contributed by atoms with Crippen LogP contribution in [0.4, 0.5) is 0 Å². The van der Waals surface area contributed by atoms with Gasteiger partial charge in [0.15, 0.2) is 0 Å². The van der Waals surface area contributed by atoms with Crippen LogP contribution in [-0.2, 0) is 12.8 Å². The van der Waals surface area contributed by atoms with E-state index in [1.807, 2.05) is 0 Å². The third-order valence-electron chi connectivity index (χ3n) is 1.45. The Bertz CT molecular complexity index is 160. The Kier molecular flexibility index (Phi) is 1.88. The summed E-state index contributed by atoms with van der Waals surface area (Å²) in [6, 6.07) is 0. The van der Waals surface area contributed by atoms with Crippen LogP contribution >= 0.6 is 0 Å². The molecule has 1 aromatic rings. The number of H-pyrrole nitrogens is 1. The second kappa shape index (κ2) is 2.67. The predicted octanol–water partition coefficient (Wildman–Crippen LogP) is 1.33. The molecule has 0 fully saturated rings. The number of hydrogen-bond donors (Lipinski definition) is 1. The minimum Gasteiger partial charge on any atom is -0.282 e. The van der Waals surface area contributed by atoms with Gasteiger partial charge < -0.3 is 0 Å². The Morgan fingerprint density at radius 1 is 1.44 bits per heavy atom. The zero-order valence-corrected chi connectivity index (χ0v) is 5.86. The van der Waals surface area contributed by atoms with Gasteiger partial charge in [-0.2, -0.15) is 5.10 Å². The van der Waals surface area contributed by atoms with Crippen LogP contribution in [0.1, 0.15) is 25.1 Å². The van der Waals surface area contributed by atoms with E-state index in [1.165, 1.54) is 11.3 Å². The summed E-state index contributed by atoms with van der Waals surface area (Å²) < 4.78 is 0. The highest BCUT2D eigenvalue weighted by Crippen LogP contribution is 2.03. The molecule has 0 aromatic carbocycles. The monoisotopic (exact) mass is 123 g/mol. The molecule has 1 heterocycles. The largest absolute Gasteiger partial charge is 0.282 e. The van der Waals surface area contributed by atoms with Crippen molar-refractivity contribution in [3.05, 3.63) is 17.5 Å². The van der Waals surface area contributed by atoms with Crippen molar-refractivity contribution in [1.29, 1.82) is 0 Å². The van der Waals surface area contributed by atoms with E-state index in [0.717, 1.165) is 12.8 Å². The van der Waals surface area contributed by atoms with Gasteiger partial charge in [0.25, 0.3) is 0 Å². The Morgan fingerprint density at radius 2 is 2.22 bits per heavy atom. The summed E-state index contributed by atoms with van der Waals surface area (Å²) in [4.78, 5) is 0. The molecule has 2 heteroatoms. The van der Waals surface area contributed by atoms with Crippen molar-refractivity contribution < 1.29 is 0 Å². The van der Waals surface area contributed by atoms with Crippen LogP contribution in [0.25, 0.3) is 0 Å². The summed E-state index contributed by atoms with van der Waals surface area (Å²) in [5, 5.41) is 6.71. The van der Waals surface area contributed by atoms with Crippen molar-refractivity contribution in [2.45, 2.75) is 26.7 Å². The van der Waals surface area contributed by atoms with E-state index in [4.69, 9.17) is 0 Å². The quantitative estimate of drug-likeness (QED) is 0.631. The lowest BCUT2D eigenvalue weighted by molar-refractivity contribution is 0.956. The normalized spacial score (nSPS) is 10.0. The number of nitrogens with one attached hydrogen (secondary N) is 1. The van der Waals surface area contributed by atoms with Crippen molar-refractivity contribution in [1.82, 2.24) is 10.2 Å². The molecule has 0 aliphatic rings. The second-order valence-corrected chi connectivity index (χ2v) is 2.00. The summed E-state index contributed by atoms with van der Waals surface area (Å²) in [7, 11) is 0. The second-order valence-electron chi connectivity index (χ2n) is 2.00. The van der Waals surface area contributed by atoms with Crippen molar-refractivity contribution in [3.63, 3.8) is 0 Å². The summed E-state index contributed by atoms with van der Waals surface area (Å²) in [5.74, 6) is 0. The molecule has 2 nitrogen and oxygen atoms in total. The third kappa shape index (κ3) is 1.12. The highest BCUT2D eigenvalue weighted by Gasteiger charge is 1.98. The molecule has 1 aromatic heterocycles. The molecule has 0 aliphatic carbocycles. The fourth-order valence-corrected chi connectivity index (χ4v) is 0.883. The van der Waals surface area contributed by atoms with Gasteiger partial charge in [0.05, 0.1) is 0 Å². The number of aromatic amines is 1. The van der Waals surface area contributed by atoms with Gasteiger partial charge in [-0.15, -0.1) is 0 Å². The van der Waals surface area contributed by atoms with E-state index in [0.29, 0.717) is 0 Å². The van der Waals surface area contributed by atoms with Crippen molar-refractivity contribution in [2.24, 2.45) is 0 Å². The maximum absolute atomic E-state index is 3.81. The molecule has 0 saturated carbocycles. The Labute approximate surface area is 55.3 Å². The molecule has 1 radical (unpaired) electrons. The van der Waals surface area contributed by atoms with E-state index < -0.39 is 0 Å². The molecule has 0 amide bonds. The molecular formula is C7H11N2. The van der Waals surface area contributed by atoms with Crippen LogP contribution in [0, 0.1) is 6.20 Å². The maximum Gasteiger partial charge on any atom is 0.116 e. The predicted molar refractivity (Wildman–Crippen MR) is 36.2 cm³/mol. The molecule has 0 aliphatic heterocycles. The Balaban J connectivity index is 2.85. The molecule has 0 unspecified atom stereocenters. The molecule has 1 N–H and O–H groups in total. The molecule has 0 spiro atoms. The lowest BCUT2D eigenvalue weighted by atomic mass is 10.2. The Morgan fingerprint density at radius 3 is 2.67 bits per heavy atom. The van der Waals surface area contributed by atoms with E-state index in [9.17, 15) is 0 Å². The molecule has 9 heavy (non-hydrogen) atoms. The van der Waals surface area contributed by atoms with Gasteiger partial charge in [0.1, 0.15) is 6.20 Å². The standard InChI is InChI=1S/C7H11N2/c1-3-6-5-8-9-7(6)4-2/h3-4H2,1-2H3,(H,8,9). The number of hydrogen-bond acceptors (Lipinski definition) is 1. The fraction of sp³-hybridized carbons (Fsp3) is 0.571. The van der Waals surface area contributed by atoms with Gasteiger partial charge in [0, 0.05) is 11.3 Å². The number of nitrogens with zero attached hydrogens (tertiary/aromatic N) is 1. The highest BCUT2D eigenvalue weighted by molar-refractivity contribution is 5.14.